The van der Waals surface area contributed by atoms with Crippen LogP contribution in [0.15, 0.2) is 24.3 Å². The van der Waals surface area contributed by atoms with E-state index in [4.69, 9.17) is 21.1 Å². The molecule has 0 saturated carbocycles. The summed E-state index contributed by atoms with van der Waals surface area (Å²) in [6.45, 7) is 2.13. The normalized spacial score (nSPS) is 12.2. The van der Waals surface area contributed by atoms with Gasteiger partial charge in [0.2, 0.25) is 0 Å². The molecule has 0 heterocycles. The van der Waals surface area contributed by atoms with Crippen molar-refractivity contribution in [2.24, 2.45) is 0 Å². The molecular formula is C11H13ClO3. The molecule has 1 aromatic rings. The van der Waals surface area contributed by atoms with Crippen LogP contribution in [0.3, 0.4) is 0 Å². The van der Waals surface area contributed by atoms with Crippen LogP contribution in [0.1, 0.15) is 17.3 Å². The van der Waals surface area contributed by atoms with Gasteiger partial charge in [-0.15, -0.1) is 0 Å². The van der Waals surface area contributed by atoms with Gasteiger partial charge in [-0.3, -0.25) is 0 Å². The second kappa shape index (κ2) is 5.73. The summed E-state index contributed by atoms with van der Waals surface area (Å²) >= 11 is 5.85. The number of hydrogen-bond acceptors (Lipinski definition) is 3. The monoisotopic (exact) mass is 228 g/mol. The van der Waals surface area contributed by atoms with Gasteiger partial charge in [0, 0.05) is 7.11 Å². The summed E-state index contributed by atoms with van der Waals surface area (Å²) in [7, 11) is 1.56. The quantitative estimate of drug-likeness (QED) is 0.743. The summed E-state index contributed by atoms with van der Waals surface area (Å²) in [6, 6.07) is 6.78. The maximum absolute atomic E-state index is 11.6. The Kier molecular flexibility index (Phi) is 4.59. The van der Waals surface area contributed by atoms with Crippen LogP contribution in [-0.2, 0) is 9.47 Å². The lowest BCUT2D eigenvalue weighted by Crippen LogP contribution is -2.19. The first kappa shape index (κ1) is 12.0. The summed E-state index contributed by atoms with van der Waals surface area (Å²) in [4.78, 5) is 11.6. The minimum absolute atomic E-state index is 0.279. The third-order valence-electron chi connectivity index (χ3n) is 1.80. The lowest BCUT2D eigenvalue weighted by atomic mass is 10.2. The zero-order chi connectivity index (χ0) is 11.3. The van der Waals surface area contributed by atoms with E-state index in [1.807, 2.05) is 0 Å². The molecule has 0 unspecified atom stereocenters. The van der Waals surface area contributed by atoms with Gasteiger partial charge in [-0.25, -0.2) is 4.79 Å². The van der Waals surface area contributed by atoms with Crippen molar-refractivity contribution < 1.29 is 14.3 Å². The lowest BCUT2D eigenvalue weighted by molar-refractivity contribution is 0.0120. The van der Waals surface area contributed by atoms with Gasteiger partial charge in [-0.05, 0) is 19.1 Å². The van der Waals surface area contributed by atoms with Gasteiger partial charge in [-0.2, -0.15) is 0 Å². The number of methoxy groups -OCH3 is 1. The Morgan fingerprint density at radius 2 is 2.13 bits per heavy atom. The number of ether oxygens (including phenoxy) is 2. The summed E-state index contributed by atoms with van der Waals surface area (Å²) in [6.07, 6.45) is -0.279. The topological polar surface area (TPSA) is 35.5 Å². The Bertz CT molecular complexity index is 338. The van der Waals surface area contributed by atoms with Gasteiger partial charge in [0.05, 0.1) is 17.2 Å². The molecule has 0 aliphatic carbocycles. The van der Waals surface area contributed by atoms with Gasteiger partial charge in [0.15, 0.2) is 0 Å². The second-order valence-corrected chi connectivity index (χ2v) is 3.56. The van der Waals surface area contributed by atoms with Crippen molar-refractivity contribution in [3.63, 3.8) is 0 Å². The highest BCUT2D eigenvalue weighted by Gasteiger charge is 2.14. The molecule has 0 bridgehead atoms. The van der Waals surface area contributed by atoms with Crippen LogP contribution in [-0.4, -0.2) is 25.8 Å². The first-order valence-corrected chi connectivity index (χ1v) is 4.97. The number of esters is 1. The van der Waals surface area contributed by atoms with E-state index in [-0.39, 0.29) is 6.10 Å². The molecule has 0 aromatic heterocycles. The van der Waals surface area contributed by atoms with Crippen LogP contribution in [0.2, 0.25) is 5.02 Å². The number of halogens is 1. The number of carbonyl (C=O) groups excluding carboxylic acids is 1. The molecule has 1 atom stereocenters. The summed E-state index contributed by atoms with van der Waals surface area (Å²) in [5, 5.41) is 0.395. The molecule has 0 saturated heterocycles. The Balaban J connectivity index is 2.65. The number of benzene rings is 1. The molecule has 0 aliphatic rings. The summed E-state index contributed by atoms with van der Waals surface area (Å²) in [5.74, 6) is -0.426. The number of rotatable bonds is 4. The third-order valence-corrected chi connectivity index (χ3v) is 2.13. The molecule has 0 amide bonds. The first-order chi connectivity index (χ1) is 7.15. The maximum Gasteiger partial charge on any atom is 0.339 e. The molecule has 15 heavy (non-hydrogen) atoms. The van der Waals surface area contributed by atoms with E-state index in [2.05, 4.69) is 0 Å². The molecule has 1 rings (SSSR count). The standard InChI is InChI=1S/C11H13ClO3/c1-8(7-14-2)15-11(13)9-5-3-4-6-10(9)12/h3-6,8H,7H2,1-2H3/t8-/m0/s1. The maximum atomic E-state index is 11.6. The Labute approximate surface area is 93.9 Å². The highest BCUT2D eigenvalue weighted by atomic mass is 35.5. The van der Waals surface area contributed by atoms with Crippen molar-refractivity contribution in [3.05, 3.63) is 34.9 Å². The fraction of sp³-hybridized carbons (Fsp3) is 0.364. The zero-order valence-corrected chi connectivity index (χ0v) is 9.45. The fourth-order valence-corrected chi connectivity index (χ4v) is 1.35. The van der Waals surface area contributed by atoms with Gasteiger partial charge in [-0.1, -0.05) is 23.7 Å². The molecule has 0 fully saturated rings. The molecule has 0 N–H and O–H groups in total. The van der Waals surface area contributed by atoms with Crippen molar-refractivity contribution in [3.8, 4) is 0 Å². The second-order valence-electron chi connectivity index (χ2n) is 3.15. The Morgan fingerprint density at radius 3 is 2.73 bits per heavy atom. The Hall–Kier alpha value is -1.06. The average Bonchev–Trinajstić information content (AvgIpc) is 2.18. The lowest BCUT2D eigenvalue weighted by Gasteiger charge is -2.12. The zero-order valence-electron chi connectivity index (χ0n) is 8.70. The molecule has 0 spiro atoms. The van der Waals surface area contributed by atoms with Crippen LogP contribution < -0.4 is 0 Å². The van der Waals surface area contributed by atoms with Crippen molar-refractivity contribution in [2.75, 3.05) is 13.7 Å². The fourth-order valence-electron chi connectivity index (χ4n) is 1.14. The smallest absolute Gasteiger partial charge is 0.339 e. The van der Waals surface area contributed by atoms with Crippen LogP contribution >= 0.6 is 11.6 Å². The minimum atomic E-state index is -0.426. The molecule has 4 heteroatoms. The predicted molar refractivity (Wildman–Crippen MR) is 58.2 cm³/mol. The highest BCUT2D eigenvalue weighted by molar-refractivity contribution is 6.33. The number of hydrogen-bond donors (Lipinski definition) is 0. The van der Waals surface area contributed by atoms with E-state index in [0.717, 1.165) is 0 Å². The van der Waals surface area contributed by atoms with Crippen molar-refractivity contribution in [1.82, 2.24) is 0 Å². The Morgan fingerprint density at radius 1 is 1.47 bits per heavy atom. The average molecular weight is 229 g/mol. The van der Waals surface area contributed by atoms with Crippen molar-refractivity contribution >= 4 is 17.6 Å². The van der Waals surface area contributed by atoms with E-state index < -0.39 is 5.97 Å². The van der Waals surface area contributed by atoms with E-state index in [9.17, 15) is 4.79 Å². The van der Waals surface area contributed by atoms with Crippen LogP contribution in [0.25, 0.3) is 0 Å². The molecule has 0 radical (unpaired) electrons. The predicted octanol–water partition coefficient (Wildman–Crippen LogP) is 2.53. The van der Waals surface area contributed by atoms with Gasteiger partial charge in [0.1, 0.15) is 6.10 Å². The molecule has 1 aromatic carbocycles. The minimum Gasteiger partial charge on any atom is -0.457 e. The summed E-state index contributed by atoms with van der Waals surface area (Å²) in [5.41, 5.74) is 0.377. The summed E-state index contributed by atoms with van der Waals surface area (Å²) < 4.78 is 9.97. The van der Waals surface area contributed by atoms with Gasteiger partial charge < -0.3 is 9.47 Å². The van der Waals surface area contributed by atoms with E-state index in [1.54, 1.807) is 38.3 Å². The largest absolute Gasteiger partial charge is 0.457 e. The third kappa shape index (κ3) is 3.53. The van der Waals surface area contributed by atoms with Gasteiger partial charge >= 0.3 is 5.97 Å². The SMILES string of the molecule is COC[C@H](C)OC(=O)c1ccccc1Cl. The molecule has 82 valence electrons. The van der Waals surface area contributed by atoms with Crippen LogP contribution in [0.4, 0.5) is 0 Å². The molecule has 0 aliphatic heterocycles. The van der Waals surface area contributed by atoms with Crippen molar-refractivity contribution in [2.45, 2.75) is 13.0 Å². The van der Waals surface area contributed by atoms with E-state index in [0.29, 0.717) is 17.2 Å². The van der Waals surface area contributed by atoms with Gasteiger partial charge in [0.25, 0.3) is 0 Å². The molecular weight excluding hydrogens is 216 g/mol. The van der Waals surface area contributed by atoms with Crippen LogP contribution in [0.5, 0.6) is 0 Å². The molecule has 3 nitrogen and oxygen atoms in total. The van der Waals surface area contributed by atoms with E-state index >= 15 is 0 Å². The van der Waals surface area contributed by atoms with E-state index in [1.165, 1.54) is 0 Å². The first-order valence-electron chi connectivity index (χ1n) is 4.59. The number of carbonyl (C=O) groups is 1. The van der Waals surface area contributed by atoms with Crippen molar-refractivity contribution in [1.29, 1.82) is 0 Å². The van der Waals surface area contributed by atoms with Crippen LogP contribution in [0, 0.1) is 0 Å². The highest BCUT2D eigenvalue weighted by Crippen LogP contribution is 2.16.